The number of hydrogen-bond acceptors (Lipinski definition) is 3. The topological polar surface area (TPSA) is 25.8 Å². The van der Waals surface area contributed by atoms with Crippen LogP contribution < -0.4 is 0 Å². The number of nitrogens with zero attached hydrogens (tertiary/aromatic N) is 2. The second-order valence-corrected chi connectivity index (χ2v) is 5.51. The van der Waals surface area contributed by atoms with Gasteiger partial charge in [-0.3, -0.25) is 4.98 Å². The summed E-state index contributed by atoms with van der Waals surface area (Å²) < 4.78 is 1.23. The van der Waals surface area contributed by atoms with Gasteiger partial charge in [-0.2, -0.15) is 0 Å². The Balaban J connectivity index is 2.19. The van der Waals surface area contributed by atoms with Gasteiger partial charge in [-0.25, -0.2) is 4.98 Å². The molecule has 0 aliphatic rings. The number of hydrogen-bond donors (Lipinski definition) is 0. The van der Waals surface area contributed by atoms with Crippen LogP contribution >= 0.6 is 11.3 Å². The maximum Gasteiger partial charge on any atom is 0.0818 e. The first-order chi connectivity index (χ1) is 8.75. The minimum Gasteiger partial charge on any atom is -0.260 e. The molecule has 3 aromatic rings. The third kappa shape index (κ3) is 1.91. The Morgan fingerprint density at radius 1 is 1.11 bits per heavy atom. The highest BCUT2D eigenvalue weighted by atomic mass is 32.1. The first kappa shape index (κ1) is 11.4. The van der Waals surface area contributed by atoms with Gasteiger partial charge >= 0.3 is 0 Å². The van der Waals surface area contributed by atoms with Crippen LogP contribution in [0.3, 0.4) is 0 Å². The maximum atomic E-state index is 4.50. The van der Waals surface area contributed by atoms with Crippen LogP contribution in [0.15, 0.2) is 42.0 Å². The Kier molecular flexibility index (Phi) is 2.84. The molecule has 0 radical (unpaired) electrons. The summed E-state index contributed by atoms with van der Waals surface area (Å²) in [7, 11) is 0. The molecular formula is C15H14N2S. The second-order valence-electron chi connectivity index (χ2n) is 4.63. The molecule has 3 heteroatoms. The average Bonchev–Trinajstić information content (AvgIpc) is 2.85. The minimum atomic E-state index is 0.423. The maximum absolute atomic E-state index is 4.50. The van der Waals surface area contributed by atoms with Crippen molar-refractivity contribution in [3.8, 4) is 11.1 Å². The SMILES string of the molecule is CC(C)c1ncccc1-c1ccc2scnc2c1. The fourth-order valence-electron chi connectivity index (χ4n) is 2.15. The lowest BCUT2D eigenvalue weighted by Crippen LogP contribution is -1.95. The van der Waals surface area contributed by atoms with Crippen molar-refractivity contribution in [3.63, 3.8) is 0 Å². The van der Waals surface area contributed by atoms with Gasteiger partial charge in [0.2, 0.25) is 0 Å². The zero-order valence-corrected chi connectivity index (χ0v) is 11.2. The normalized spacial score (nSPS) is 11.3. The second kappa shape index (κ2) is 4.50. The van der Waals surface area contributed by atoms with Gasteiger partial charge in [0, 0.05) is 11.8 Å². The first-order valence-electron chi connectivity index (χ1n) is 6.04. The van der Waals surface area contributed by atoms with Crippen LogP contribution in [0.25, 0.3) is 21.3 Å². The Bertz CT molecular complexity index is 686. The number of pyridine rings is 1. The molecule has 2 heterocycles. The van der Waals surface area contributed by atoms with Crippen LogP contribution in [-0.4, -0.2) is 9.97 Å². The third-order valence-corrected chi connectivity index (χ3v) is 3.84. The molecule has 0 fully saturated rings. The van der Waals surface area contributed by atoms with Crippen molar-refractivity contribution in [3.05, 3.63) is 47.7 Å². The summed E-state index contributed by atoms with van der Waals surface area (Å²) in [6, 6.07) is 10.6. The van der Waals surface area contributed by atoms with Crippen LogP contribution in [0.1, 0.15) is 25.5 Å². The molecule has 0 saturated carbocycles. The van der Waals surface area contributed by atoms with Crippen LogP contribution in [0.5, 0.6) is 0 Å². The fraction of sp³-hybridized carbons (Fsp3) is 0.200. The molecule has 0 amide bonds. The van der Waals surface area contributed by atoms with Gasteiger partial charge < -0.3 is 0 Å². The highest BCUT2D eigenvalue weighted by Crippen LogP contribution is 2.30. The molecule has 1 aromatic carbocycles. The van der Waals surface area contributed by atoms with E-state index in [1.54, 1.807) is 11.3 Å². The third-order valence-electron chi connectivity index (χ3n) is 3.03. The van der Waals surface area contributed by atoms with Crippen LogP contribution in [0.4, 0.5) is 0 Å². The zero-order chi connectivity index (χ0) is 12.5. The van der Waals surface area contributed by atoms with Gasteiger partial charge in [-0.15, -0.1) is 11.3 Å². The summed E-state index contributed by atoms with van der Waals surface area (Å²) in [5, 5.41) is 0. The summed E-state index contributed by atoms with van der Waals surface area (Å²) in [5.41, 5.74) is 6.51. The number of thiazole rings is 1. The van der Waals surface area contributed by atoms with E-state index in [2.05, 4.69) is 48.1 Å². The Morgan fingerprint density at radius 2 is 2.00 bits per heavy atom. The van der Waals surface area contributed by atoms with Gasteiger partial charge in [-0.1, -0.05) is 26.0 Å². The van der Waals surface area contributed by atoms with E-state index >= 15 is 0 Å². The van der Waals surface area contributed by atoms with E-state index in [0.717, 1.165) is 11.2 Å². The van der Waals surface area contributed by atoms with Crippen LogP contribution in [0.2, 0.25) is 0 Å². The summed E-state index contributed by atoms with van der Waals surface area (Å²) in [5.74, 6) is 0.423. The molecule has 0 N–H and O–H groups in total. The molecule has 90 valence electrons. The smallest absolute Gasteiger partial charge is 0.0818 e. The van der Waals surface area contributed by atoms with Crippen molar-refractivity contribution in [2.45, 2.75) is 19.8 Å². The summed E-state index contributed by atoms with van der Waals surface area (Å²) >= 11 is 1.67. The predicted molar refractivity (Wildman–Crippen MR) is 76.9 cm³/mol. The van der Waals surface area contributed by atoms with E-state index in [0.29, 0.717) is 5.92 Å². The average molecular weight is 254 g/mol. The van der Waals surface area contributed by atoms with Crippen molar-refractivity contribution in [1.82, 2.24) is 9.97 Å². The standard InChI is InChI=1S/C15H14N2S/c1-10(2)15-12(4-3-7-16-15)11-5-6-14-13(8-11)17-9-18-14/h3-10H,1-2H3. The van der Waals surface area contributed by atoms with Crippen molar-refractivity contribution >= 4 is 21.6 Å². The van der Waals surface area contributed by atoms with Crippen molar-refractivity contribution < 1.29 is 0 Å². The zero-order valence-electron chi connectivity index (χ0n) is 10.4. The van der Waals surface area contributed by atoms with E-state index in [9.17, 15) is 0 Å². The molecule has 0 unspecified atom stereocenters. The van der Waals surface area contributed by atoms with Crippen molar-refractivity contribution in [1.29, 1.82) is 0 Å². The van der Waals surface area contributed by atoms with E-state index in [4.69, 9.17) is 0 Å². The molecule has 2 nitrogen and oxygen atoms in total. The Morgan fingerprint density at radius 3 is 2.83 bits per heavy atom. The van der Waals surface area contributed by atoms with E-state index in [1.807, 2.05) is 17.8 Å². The van der Waals surface area contributed by atoms with Gasteiger partial charge in [0.1, 0.15) is 0 Å². The van der Waals surface area contributed by atoms with Crippen LogP contribution in [-0.2, 0) is 0 Å². The molecule has 0 saturated heterocycles. The number of fused-ring (bicyclic) bond motifs is 1. The van der Waals surface area contributed by atoms with Gasteiger partial charge in [0.15, 0.2) is 0 Å². The lowest BCUT2D eigenvalue weighted by Gasteiger charge is -2.11. The molecule has 0 bridgehead atoms. The largest absolute Gasteiger partial charge is 0.260 e. The molecule has 0 aliphatic heterocycles. The molecule has 0 spiro atoms. The van der Waals surface area contributed by atoms with E-state index in [1.165, 1.54) is 15.8 Å². The molecule has 2 aromatic heterocycles. The number of benzene rings is 1. The van der Waals surface area contributed by atoms with E-state index < -0.39 is 0 Å². The lowest BCUT2D eigenvalue weighted by atomic mass is 9.98. The summed E-state index contributed by atoms with van der Waals surface area (Å²) in [4.78, 5) is 8.88. The molecule has 3 rings (SSSR count). The Hall–Kier alpha value is -1.74. The lowest BCUT2D eigenvalue weighted by molar-refractivity contribution is 0.826. The summed E-state index contributed by atoms with van der Waals surface area (Å²) in [6.07, 6.45) is 1.86. The monoisotopic (exact) mass is 254 g/mol. The summed E-state index contributed by atoms with van der Waals surface area (Å²) in [6.45, 7) is 4.35. The predicted octanol–water partition coefficient (Wildman–Crippen LogP) is 4.48. The fourth-order valence-corrected chi connectivity index (χ4v) is 2.81. The highest BCUT2D eigenvalue weighted by Gasteiger charge is 2.10. The molecule has 0 atom stereocenters. The first-order valence-corrected chi connectivity index (χ1v) is 6.92. The number of rotatable bonds is 2. The van der Waals surface area contributed by atoms with Gasteiger partial charge in [0.05, 0.1) is 21.4 Å². The van der Waals surface area contributed by atoms with E-state index in [-0.39, 0.29) is 0 Å². The minimum absolute atomic E-state index is 0.423. The highest BCUT2D eigenvalue weighted by molar-refractivity contribution is 7.16. The quantitative estimate of drug-likeness (QED) is 0.673. The number of aromatic nitrogens is 2. The van der Waals surface area contributed by atoms with Crippen molar-refractivity contribution in [2.75, 3.05) is 0 Å². The Labute approximate surface area is 110 Å². The van der Waals surface area contributed by atoms with Gasteiger partial charge in [0.25, 0.3) is 0 Å². The van der Waals surface area contributed by atoms with Crippen molar-refractivity contribution in [2.24, 2.45) is 0 Å². The molecule has 18 heavy (non-hydrogen) atoms. The molecule has 0 aliphatic carbocycles. The molecular weight excluding hydrogens is 240 g/mol. The van der Waals surface area contributed by atoms with Crippen LogP contribution in [0, 0.1) is 0 Å². The van der Waals surface area contributed by atoms with Gasteiger partial charge in [-0.05, 0) is 29.7 Å².